The highest BCUT2D eigenvalue weighted by atomic mass is 35.5. The van der Waals surface area contributed by atoms with Crippen LogP contribution in [-0.4, -0.2) is 64.7 Å². The van der Waals surface area contributed by atoms with E-state index in [0.29, 0.717) is 21.6 Å². The molecule has 49 heavy (non-hydrogen) atoms. The monoisotopic (exact) mass is 749 g/mol. The van der Waals surface area contributed by atoms with Crippen LogP contribution in [-0.2, 0) is 41.5 Å². The molecule has 2 saturated heterocycles. The highest BCUT2D eigenvalue weighted by Gasteiger charge is 2.60. The summed E-state index contributed by atoms with van der Waals surface area (Å²) < 4.78 is 94.9. The van der Waals surface area contributed by atoms with Crippen molar-refractivity contribution in [2.45, 2.75) is 56.8 Å². The van der Waals surface area contributed by atoms with Crippen LogP contribution >= 0.6 is 27.2 Å². The van der Waals surface area contributed by atoms with Crippen molar-refractivity contribution in [1.82, 2.24) is 9.55 Å². The number of halogens is 3. The summed E-state index contributed by atoms with van der Waals surface area (Å²) in [5, 5.41) is 13.3. The van der Waals surface area contributed by atoms with Crippen LogP contribution in [0.5, 0.6) is 5.75 Å². The Morgan fingerprint density at radius 3 is 2.69 bits per heavy atom. The van der Waals surface area contributed by atoms with Gasteiger partial charge in [0.15, 0.2) is 12.2 Å². The number of hydrogen-bond donors (Lipinski definition) is 2. The van der Waals surface area contributed by atoms with Crippen molar-refractivity contribution < 1.29 is 59.9 Å². The molecule has 1 aromatic heterocycles. The van der Waals surface area contributed by atoms with E-state index in [-0.39, 0.29) is 24.8 Å². The number of esters is 1. The van der Waals surface area contributed by atoms with E-state index in [1.807, 2.05) is 0 Å². The van der Waals surface area contributed by atoms with Crippen molar-refractivity contribution in [3.63, 3.8) is 0 Å². The first-order valence-electron chi connectivity index (χ1n) is 14.8. The first-order chi connectivity index (χ1) is 23.2. The largest absolute Gasteiger partial charge is 0.530 e. The van der Waals surface area contributed by atoms with Gasteiger partial charge in [0.2, 0.25) is 6.23 Å². The number of benzene rings is 2. The molecule has 2 aromatic carbocycles. The zero-order chi connectivity index (χ0) is 35.4. The number of nitrogens with one attached hydrogen (secondary N) is 1. The number of phosphoric acid groups is 1. The first kappa shape index (κ1) is 37.0. The normalized spacial score (nSPS) is 26.7. The van der Waals surface area contributed by atoms with Crippen molar-refractivity contribution in [2.75, 3.05) is 24.9 Å². The number of ether oxygens (including phenoxy) is 2. The van der Waals surface area contributed by atoms with Gasteiger partial charge < -0.3 is 19.1 Å². The lowest BCUT2D eigenvalue weighted by Crippen LogP contribution is -2.42. The molecule has 20 heteroatoms. The van der Waals surface area contributed by atoms with E-state index < -0.39 is 70.4 Å². The predicted molar refractivity (Wildman–Crippen MR) is 168 cm³/mol. The Bertz CT molecular complexity index is 1790. The number of phosphoric ester groups is 1. The molecule has 0 bridgehead atoms. The number of aromatic nitrogens is 2. The van der Waals surface area contributed by atoms with Crippen LogP contribution in [0, 0.1) is 0 Å². The van der Waals surface area contributed by atoms with Crippen molar-refractivity contribution >= 4 is 39.0 Å². The smallest absolute Gasteiger partial charge is 0.464 e. The third kappa shape index (κ3) is 8.92. The fraction of sp³-hybridized carbons (Fsp3) is 0.414. The molecule has 5 rings (SSSR count). The summed E-state index contributed by atoms with van der Waals surface area (Å²) in [6.07, 6.45) is -7.73. The molecule has 3 aromatic rings. The van der Waals surface area contributed by atoms with E-state index in [0.717, 1.165) is 12.3 Å². The summed E-state index contributed by atoms with van der Waals surface area (Å²) in [6, 6.07) is 15.3. The van der Waals surface area contributed by atoms with Crippen molar-refractivity contribution in [2.24, 2.45) is 0 Å². The highest BCUT2D eigenvalue weighted by Crippen LogP contribution is 2.55. The lowest BCUT2D eigenvalue weighted by molar-refractivity contribution is -0.151. The van der Waals surface area contributed by atoms with E-state index in [9.17, 15) is 23.8 Å². The van der Waals surface area contributed by atoms with Crippen molar-refractivity contribution in [3.05, 3.63) is 87.9 Å². The number of hydrogen-bond acceptors (Lipinski definition) is 13. The SMILES string of the molecule is CCOC(=O)[C@H](C)OP(=O)(OC[C@H]1O[C@@H](n2ccc(NP3(=O)OCCC(c4cccc(Cl)c4)O3)nc2=O)C(F)(F)[C@H]1O)Oc1ccccc1. The minimum Gasteiger partial charge on any atom is -0.464 e. The van der Waals surface area contributed by atoms with Crippen LogP contribution in [0.15, 0.2) is 71.7 Å². The third-order valence-electron chi connectivity index (χ3n) is 7.10. The summed E-state index contributed by atoms with van der Waals surface area (Å²) in [5.74, 6) is -5.31. The number of carbonyl (C=O) groups is 1. The maximum absolute atomic E-state index is 15.3. The van der Waals surface area contributed by atoms with Gasteiger partial charge in [-0.25, -0.2) is 18.7 Å². The van der Waals surface area contributed by atoms with Crippen molar-refractivity contribution in [3.8, 4) is 5.75 Å². The molecular weight excluding hydrogens is 718 g/mol. The summed E-state index contributed by atoms with van der Waals surface area (Å²) in [4.78, 5) is 28.7. The number of anilines is 1. The molecule has 0 saturated carbocycles. The van der Waals surface area contributed by atoms with Gasteiger partial charge in [-0.1, -0.05) is 41.9 Å². The molecule has 0 radical (unpaired) electrons. The van der Waals surface area contributed by atoms with Crippen LogP contribution < -0.4 is 15.3 Å². The number of aliphatic hydroxyl groups excluding tert-OH is 1. The Labute approximate surface area is 283 Å². The number of carbonyl (C=O) groups excluding carboxylic acids is 1. The Morgan fingerprint density at radius 2 is 2.00 bits per heavy atom. The molecule has 2 aliphatic heterocycles. The second-order valence-corrected chi connectivity index (χ2v) is 14.3. The second-order valence-electron chi connectivity index (χ2n) is 10.7. The maximum atomic E-state index is 15.3. The zero-order valence-electron chi connectivity index (χ0n) is 25.9. The predicted octanol–water partition coefficient (Wildman–Crippen LogP) is 5.66. The summed E-state index contributed by atoms with van der Waals surface area (Å²) >= 11 is 6.05. The van der Waals surface area contributed by atoms with Crippen LogP contribution in [0.2, 0.25) is 5.02 Å². The number of alkyl halides is 2. The van der Waals surface area contributed by atoms with Gasteiger partial charge in [0.1, 0.15) is 17.7 Å². The topological polar surface area (TPSA) is 183 Å². The molecule has 266 valence electrons. The summed E-state index contributed by atoms with van der Waals surface area (Å²) in [5.41, 5.74) is -0.634. The van der Waals surface area contributed by atoms with E-state index >= 15 is 8.78 Å². The van der Waals surface area contributed by atoms with Crippen LogP contribution in [0.3, 0.4) is 0 Å². The van der Waals surface area contributed by atoms with Crippen LogP contribution in [0.4, 0.5) is 14.6 Å². The Balaban J connectivity index is 1.28. The Morgan fingerprint density at radius 1 is 1.24 bits per heavy atom. The fourth-order valence-electron chi connectivity index (χ4n) is 4.77. The lowest BCUT2D eigenvalue weighted by atomic mass is 10.1. The molecule has 15 nitrogen and oxygen atoms in total. The second kappa shape index (κ2) is 15.3. The molecular formula is C29H32ClF2N3O12P2. The minimum absolute atomic E-state index is 0.00404. The number of nitrogens with zero attached hydrogens (tertiary/aromatic N) is 2. The molecule has 3 unspecified atom stereocenters. The van der Waals surface area contributed by atoms with Crippen LogP contribution in [0.25, 0.3) is 0 Å². The number of aliphatic hydroxyl groups is 1. The Hall–Kier alpha value is -3.24. The Kier molecular flexibility index (Phi) is 11.6. The van der Waals surface area contributed by atoms with Gasteiger partial charge in [0, 0.05) is 17.6 Å². The molecule has 2 N–H and O–H groups in total. The lowest BCUT2D eigenvalue weighted by Gasteiger charge is -2.30. The summed E-state index contributed by atoms with van der Waals surface area (Å²) in [6.45, 7) is 1.79. The number of para-hydroxylation sites is 1. The maximum Gasteiger partial charge on any atom is 0.530 e. The quantitative estimate of drug-likeness (QED) is 0.161. The average molecular weight is 750 g/mol. The first-order valence-corrected chi connectivity index (χ1v) is 18.2. The van der Waals surface area contributed by atoms with Gasteiger partial charge in [-0.3, -0.25) is 27.7 Å². The zero-order valence-corrected chi connectivity index (χ0v) is 28.5. The number of rotatable bonds is 13. The molecule has 0 spiro atoms. The van der Waals surface area contributed by atoms with Gasteiger partial charge >= 0.3 is 33.2 Å². The van der Waals surface area contributed by atoms with Gasteiger partial charge in [0.25, 0.3) is 0 Å². The van der Waals surface area contributed by atoms with Gasteiger partial charge in [-0.2, -0.15) is 13.8 Å². The van der Waals surface area contributed by atoms with Gasteiger partial charge in [-0.05, 0) is 49.7 Å². The molecule has 3 heterocycles. The molecule has 2 fully saturated rings. The fourth-order valence-corrected chi connectivity index (χ4v) is 7.80. The molecule has 2 aliphatic rings. The third-order valence-corrected chi connectivity index (χ3v) is 10.4. The molecule has 0 aliphatic carbocycles. The van der Waals surface area contributed by atoms with E-state index in [2.05, 4.69) is 10.1 Å². The summed E-state index contributed by atoms with van der Waals surface area (Å²) in [7, 11) is -8.81. The molecule has 0 amide bonds. The standard InChI is InChI=1S/C29H32ClF2N3O12P2/c1-3-41-26(37)18(2)45-49(40,46-21-10-5-4-6-11-21)43-17-23-25(36)29(31,32)27(44-23)35-14-12-24(33-28(35)38)34-48(39)42-15-13-22(47-48)19-8-7-9-20(30)16-19/h4-12,14,16,18,22-23,25,27,36H,3,13,15,17H2,1-2H3,(H,33,34,38,39)/t18-,22?,23+,25-,27+,48?,49?/m0/s1. The van der Waals surface area contributed by atoms with Crippen LogP contribution in [0.1, 0.15) is 38.2 Å². The minimum atomic E-state index is -4.74. The van der Waals surface area contributed by atoms with Gasteiger partial charge in [-0.15, -0.1) is 0 Å². The van der Waals surface area contributed by atoms with Gasteiger partial charge in [0.05, 0.1) is 25.9 Å². The van der Waals surface area contributed by atoms with Crippen molar-refractivity contribution in [1.29, 1.82) is 0 Å². The molecule has 7 atom stereocenters. The van der Waals surface area contributed by atoms with E-state index in [1.54, 1.807) is 49.4 Å². The van der Waals surface area contributed by atoms with E-state index in [1.165, 1.54) is 19.1 Å². The average Bonchev–Trinajstić information content (AvgIpc) is 3.27. The van der Waals surface area contributed by atoms with E-state index in [4.69, 9.17) is 43.7 Å². The highest BCUT2D eigenvalue weighted by molar-refractivity contribution is 7.55.